The molecule has 2 aromatic rings. The highest BCUT2D eigenvalue weighted by Gasteiger charge is 2.29. The average Bonchev–Trinajstić information content (AvgIpc) is 3.06. The maximum atomic E-state index is 13.0. The lowest BCUT2D eigenvalue weighted by atomic mass is 10.2. The van der Waals surface area contributed by atoms with Gasteiger partial charge in [-0.25, -0.2) is 16.8 Å². The van der Waals surface area contributed by atoms with Crippen molar-refractivity contribution < 1.29 is 26.1 Å². The quantitative estimate of drug-likeness (QED) is 0.543. The number of aromatic nitrogens is 1. The zero-order valence-corrected chi connectivity index (χ0v) is 19.7. The fourth-order valence-electron chi connectivity index (χ4n) is 3.37. The Kier molecular flexibility index (Phi) is 7.40. The summed E-state index contributed by atoms with van der Waals surface area (Å²) in [6, 6.07) is 6.10. The minimum absolute atomic E-state index is 0.0371. The normalized spacial score (nSPS) is 16.5. The van der Waals surface area contributed by atoms with Crippen LogP contribution >= 0.6 is 0 Å². The summed E-state index contributed by atoms with van der Waals surface area (Å²) >= 11 is 0. The van der Waals surface area contributed by atoms with Crippen molar-refractivity contribution in [2.45, 2.75) is 32.2 Å². The molecule has 0 unspecified atom stereocenters. The second kappa shape index (κ2) is 9.68. The predicted molar refractivity (Wildman–Crippen MR) is 116 cm³/mol. The first kappa shape index (κ1) is 23.7. The number of piperazine rings is 1. The standard InChI is InChI=1S/C20H29N3O6S2/c1-4-30(24,25)14-13-28-18-5-7-19(8-6-18)31(26,27)23-11-9-22(10-12-23)15-20-16(2)21-29-17(20)3/h5-8H,4,9-15H2,1-3H3. The summed E-state index contributed by atoms with van der Waals surface area (Å²) < 4.78 is 61.1. The first-order chi connectivity index (χ1) is 14.6. The zero-order valence-electron chi connectivity index (χ0n) is 18.1. The Morgan fingerprint density at radius 1 is 1.03 bits per heavy atom. The maximum Gasteiger partial charge on any atom is 0.243 e. The first-order valence-electron chi connectivity index (χ1n) is 10.2. The molecule has 2 heterocycles. The Balaban J connectivity index is 1.56. The van der Waals surface area contributed by atoms with Crippen molar-refractivity contribution in [3.63, 3.8) is 0 Å². The van der Waals surface area contributed by atoms with Crippen molar-refractivity contribution >= 4 is 19.9 Å². The van der Waals surface area contributed by atoms with E-state index in [4.69, 9.17) is 9.26 Å². The molecule has 9 nitrogen and oxygen atoms in total. The highest BCUT2D eigenvalue weighted by atomic mass is 32.2. The Hall–Kier alpha value is -1.95. The Labute approximate surface area is 183 Å². The number of rotatable bonds is 9. The zero-order chi connectivity index (χ0) is 22.6. The fraction of sp³-hybridized carbons (Fsp3) is 0.550. The lowest BCUT2D eigenvalue weighted by Crippen LogP contribution is -2.48. The molecule has 11 heteroatoms. The first-order valence-corrected chi connectivity index (χ1v) is 13.5. The highest BCUT2D eigenvalue weighted by Crippen LogP contribution is 2.22. The van der Waals surface area contributed by atoms with Gasteiger partial charge in [-0.05, 0) is 38.1 Å². The van der Waals surface area contributed by atoms with Crippen LogP contribution in [0.4, 0.5) is 0 Å². The molecular weight excluding hydrogens is 442 g/mol. The summed E-state index contributed by atoms with van der Waals surface area (Å²) in [6.45, 7) is 8.15. The molecule has 0 radical (unpaired) electrons. The second-order valence-corrected chi connectivity index (χ2v) is 11.9. The van der Waals surface area contributed by atoms with Gasteiger partial charge >= 0.3 is 0 Å². The smallest absolute Gasteiger partial charge is 0.243 e. The van der Waals surface area contributed by atoms with Crippen LogP contribution in [0.3, 0.4) is 0 Å². The number of aryl methyl sites for hydroxylation is 2. The van der Waals surface area contributed by atoms with Crippen molar-refractivity contribution in [2.24, 2.45) is 0 Å². The van der Waals surface area contributed by atoms with E-state index in [2.05, 4.69) is 10.1 Å². The third-order valence-corrected chi connectivity index (χ3v) is 9.04. The number of sulfonamides is 1. The van der Waals surface area contributed by atoms with E-state index in [1.54, 1.807) is 19.1 Å². The Morgan fingerprint density at radius 3 is 2.23 bits per heavy atom. The van der Waals surface area contributed by atoms with Gasteiger partial charge in [0.05, 0.1) is 16.3 Å². The van der Waals surface area contributed by atoms with E-state index in [1.807, 2.05) is 13.8 Å². The van der Waals surface area contributed by atoms with Gasteiger partial charge in [0.25, 0.3) is 0 Å². The number of nitrogens with zero attached hydrogens (tertiary/aromatic N) is 3. The molecule has 0 amide bonds. The molecule has 31 heavy (non-hydrogen) atoms. The van der Waals surface area contributed by atoms with Gasteiger partial charge in [-0.15, -0.1) is 0 Å². The number of ether oxygens (including phenoxy) is 1. The number of hydrogen-bond acceptors (Lipinski definition) is 8. The minimum atomic E-state index is -3.60. The third kappa shape index (κ3) is 5.85. The molecule has 0 aliphatic carbocycles. The monoisotopic (exact) mass is 471 g/mol. The lowest BCUT2D eigenvalue weighted by Gasteiger charge is -2.33. The van der Waals surface area contributed by atoms with E-state index in [0.717, 1.165) is 17.0 Å². The van der Waals surface area contributed by atoms with Crippen LogP contribution in [0.25, 0.3) is 0 Å². The van der Waals surface area contributed by atoms with Crippen molar-refractivity contribution in [1.82, 2.24) is 14.4 Å². The van der Waals surface area contributed by atoms with Gasteiger partial charge in [-0.2, -0.15) is 4.31 Å². The van der Waals surface area contributed by atoms with E-state index >= 15 is 0 Å². The fourth-order valence-corrected chi connectivity index (χ4v) is 5.42. The summed E-state index contributed by atoms with van der Waals surface area (Å²) in [4.78, 5) is 2.39. The van der Waals surface area contributed by atoms with Crippen molar-refractivity contribution in [3.05, 3.63) is 41.3 Å². The average molecular weight is 472 g/mol. The van der Waals surface area contributed by atoms with Crippen molar-refractivity contribution in [2.75, 3.05) is 44.3 Å². The molecule has 1 aromatic carbocycles. The van der Waals surface area contributed by atoms with Crippen LogP contribution in [-0.4, -0.2) is 75.5 Å². The van der Waals surface area contributed by atoms with Crippen molar-refractivity contribution in [3.8, 4) is 5.75 Å². The van der Waals surface area contributed by atoms with Crippen LogP contribution in [0.2, 0.25) is 0 Å². The maximum absolute atomic E-state index is 13.0. The number of sulfone groups is 1. The summed E-state index contributed by atoms with van der Waals surface area (Å²) in [5, 5.41) is 3.97. The van der Waals surface area contributed by atoms with Crippen molar-refractivity contribution in [1.29, 1.82) is 0 Å². The van der Waals surface area contributed by atoms with Gasteiger partial charge < -0.3 is 9.26 Å². The molecule has 0 atom stereocenters. The van der Waals surface area contributed by atoms with Gasteiger partial charge in [0.15, 0.2) is 9.84 Å². The molecule has 0 bridgehead atoms. The van der Waals surface area contributed by atoms with Gasteiger partial charge in [0, 0.05) is 44.0 Å². The molecule has 0 saturated carbocycles. The van der Waals surface area contributed by atoms with E-state index in [9.17, 15) is 16.8 Å². The highest BCUT2D eigenvalue weighted by molar-refractivity contribution is 7.91. The van der Waals surface area contributed by atoms with E-state index in [-0.39, 0.29) is 23.0 Å². The Bertz CT molecular complexity index is 1070. The minimum Gasteiger partial charge on any atom is -0.493 e. The molecule has 1 saturated heterocycles. The third-order valence-electron chi connectivity index (χ3n) is 5.46. The molecule has 1 aliphatic rings. The van der Waals surface area contributed by atoms with Crippen LogP contribution in [0, 0.1) is 13.8 Å². The molecule has 172 valence electrons. The summed E-state index contributed by atoms with van der Waals surface area (Å²) in [7, 11) is -6.71. The largest absolute Gasteiger partial charge is 0.493 e. The van der Waals surface area contributed by atoms with Gasteiger partial charge in [-0.1, -0.05) is 12.1 Å². The molecule has 0 spiro atoms. The molecule has 1 aromatic heterocycles. The van der Waals surface area contributed by atoms with Gasteiger partial charge in [0.1, 0.15) is 18.1 Å². The van der Waals surface area contributed by atoms with Crippen LogP contribution in [-0.2, 0) is 26.4 Å². The lowest BCUT2D eigenvalue weighted by molar-refractivity contribution is 0.180. The van der Waals surface area contributed by atoms with Gasteiger partial charge in [-0.3, -0.25) is 4.90 Å². The van der Waals surface area contributed by atoms with Crippen LogP contribution in [0.1, 0.15) is 23.9 Å². The molecule has 1 aliphatic heterocycles. The molecule has 1 fully saturated rings. The van der Waals surface area contributed by atoms with Crippen LogP contribution in [0.15, 0.2) is 33.7 Å². The molecular formula is C20H29N3O6S2. The summed E-state index contributed by atoms with van der Waals surface area (Å²) in [5.41, 5.74) is 1.92. The van der Waals surface area contributed by atoms with Gasteiger partial charge in [0.2, 0.25) is 10.0 Å². The summed E-state index contributed by atoms with van der Waals surface area (Å²) in [5.74, 6) is 1.23. The topological polar surface area (TPSA) is 110 Å². The molecule has 0 N–H and O–H groups in total. The Morgan fingerprint density at radius 2 is 1.68 bits per heavy atom. The molecule has 3 rings (SSSR count). The van der Waals surface area contributed by atoms with Crippen LogP contribution in [0.5, 0.6) is 5.75 Å². The van der Waals surface area contributed by atoms with E-state index in [1.165, 1.54) is 16.4 Å². The predicted octanol–water partition coefficient (Wildman–Crippen LogP) is 1.61. The van der Waals surface area contributed by atoms with E-state index in [0.29, 0.717) is 38.5 Å². The SMILES string of the molecule is CCS(=O)(=O)CCOc1ccc(S(=O)(=O)N2CCN(Cc3c(C)noc3C)CC2)cc1. The van der Waals surface area contributed by atoms with Crippen LogP contribution < -0.4 is 4.74 Å². The second-order valence-electron chi connectivity index (χ2n) is 7.54. The number of hydrogen-bond donors (Lipinski definition) is 0. The van der Waals surface area contributed by atoms with E-state index < -0.39 is 19.9 Å². The number of benzene rings is 1. The summed E-state index contributed by atoms with van der Waals surface area (Å²) in [6.07, 6.45) is 0.